The van der Waals surface area contributed by atoms with Gasteiger partial charge in [0.15, 0.2) is 0 Å². The van der Waals surface area contributed by atoms with Crippen molar-refractivity contribution in [2.75, 3.05) is 42.3 Å². The lowest BCUT2D eigenvalue weighted by Gasteiger charge is -2.17. The first kappa shape index (κ1) is 18.6. The summed E-state index contributed by atoms with van der Waals surface area (Å²) in [7, 11) is 1.65. The Hall–Kier alpha value is -3.19. The molecule has 0 radical (unpaired) electrons. The average molecular weight is 367 g/mol. The maximum Gasteiger partial charge on any atom is 0.299 e. The molecule has 0 saturated heterocycles. The topological polar surface area (TPSA) is 87.7 Å². The maximum absolute atomic E-state index is 12.5. The van der Waals surface area contributed by atoms with Crippen LogP contribution in [-0.4, -0.2) is 44.4 Å². The molecular weight excluding hydrogens is 346 g/mol. The van der Waals surface area contributed by atoms with E-state index in [2.05, 4.69) is 10.6 Å². The smallest absolute Gasteiger partial charge is 0.299 e. The molecule has 0 aliphatic carbocycles. The molecule has 2 aromatic rings. The van der Waals surface area contributed by atoms with E-state index in [1.54, 1.807) is 37.4 Å². The van der Waals surface area contributed by atoms with Gasteiger partial charge in [0.2, 0.25) is 5.91 Å². The number of ketones is 1. The molecule has 140 valence electrons. The van der Waals surface area contributed by atoms with Crippen LogP contribution < -0.4 is 15.5 Å². The summed E-state index contributed by atoms with van der Waals surface area (Å²) in [5, 5.41) is 6.06. The minimum Gasteiger partial charge on any atom is -0.385 e. The highest BCUT2D eigenvalue weighted by atomic mass is 16.5. The fourth-order valence-electron chi connectivity index (χ4n) is 2.92. The number of anilines is 3. The summed E-state index contributed by atoms with van der Waals surface area (Å²) in [6.07, 6.45) is 0.833. The number of nitrogens with one attached hydrogen (secondary N) is 2. The number of hydrogen-bond acceptors (Lipinski definition) is 5. The molecule has 2 N–H and O–H groups in total. The highest BCUT2D eigenvalue weighted by Gasteiger charge is 2.36. The molecule has 0 saturated carbocycles. The summed E-state index contributed by atoms with van der Waals surface area (Å²) in [4.78, 5) is 37.9. The third kappa shape index (κ3) is 4.15. The van der Waals surface area contributed by atoms with E-state index >= 15 is 0 Å². The Morgan fingerprint density at radius 3 is 2.52 bits per heavy atom. The molecule has 3 rings (SSSR count). The zero-order chi connectivity index (χ0) is 19.2. The Morgan fingerprint density at radius 1 is 1.04 bits per heavy atom. The van der Waals surface area contributed by atoms with Crippen LogP contribution in [0.25, 0.3) is 0 Å². The quantitative estimate of drug-likeness (QED) is 0.552. The van der Waals surface area contributed by atoms with Gasteiger partial charge in [0, 0.05) is 20.3 Å². The Balaban J connectivity index is 1.67. The van der Waals surface area contributed by atoms with Crippen molar-refractivity contribution in [3.63, 3.8) is 0 Å². The molecule has 0 atom stereocenters. The summed E-state index contributed by atoms with van der Waals surface area (Å²) in [6.45, 7) is 1.12. The van der Waals surface area contributed by atoms with Crippen LogP contribution in [-0.2, 0) is 14.3 Å². The molecule has 1 aliphatic rings. The molecule has 0 unspecified atom stereocenters. The van der Waals surface area contributed by atoms with Crippen LogP contribution in [0.3, 0.4) is 0 Å². The van der Waals surface area contributed by atoms with Crippen LogP contribution in [0.2, 0.25) is 0 Å². The van der Waals surface area contributed by atoms with E-state index in [4.69, 9.17) is 4.74 Å². The second kappa shape index (κ2) is 8.46. The third-order valence-electron chi connectivity index (χ3n) is 4.22. The number of rotatable bonds is 8. The first-order chi connectivity index (χ1) is 13.1. The molecule has 1 aliphatic heterocycles. The van der Waals surface area contributed by atoms with Crippen molar-refractivity contribution in [1.29, 1.82) is 0 Å². The Labute approximate surface area is 157 Å². The van der Waals surface area contributed by atoms with Gasteiger partial charge in [-0.1, -0.05) is 24.3 Å². The van der Waals surface area contributed by atoms with Gasteiger partial charge in [-0.15, -0.1) is 0 Å². The largest absolute Gasteiger partial charge is 0.385 e. The maximum atomic E-state index is 12.5. The lowest BCUT2D eigenvalue weighted by Crippen LogP contribution is -2.37. The highest BCUT2D eigenvalue weighted by molar-refractivity contribution is 6.52. The van der Waals surface area contributed by atoms with E-state index in [-0.39, 0.29) is 12.5 Å². The van der Waals surface area contributed by atoms with Crippen molar-refractivity contribution < 1.29 is 19.1 Å². The van der Waals surface area contributed by atoms with Crippen molar-refractivity contribution in [1.82, 2.24) is 0 Å². The molecule has 0 bridgehead atoms. The second-order valence-electron chi connectivity index (χ2n) is 6.10. The summed E-state index contributed by atoms with van der Waals surface area (Å²) in [5.74, 6) is -1.64. The summed E-state index contributed by atoms with van der Waals surface area (Å²) in [5.41, 5.74) is 2.20. The minimum atomic E-state index is -0.683. The monoisotopic (exact) mass is 367 g/mol. The molecule has 27 heavy (non-hydrogen) atoms. The Morgan fingerprint density at radius 2 is 1.74 bits per heavy atom. The molecule has 7 nitrogen and oxygen atoms in total. The van der Waals surface area contributed by atoms with Crippen molar-refractivity contribution in [2.45, 2.75) is 6.42 Å². The fourth-order valence-corrected chi connectivity index (χ4v) is 2.92. The predicted octanol–water partition coefficient (Wildman–Crippen LogP) is 2.30. The SMILES string of the molecule is COCCCNc1ccccc1NC(=O)CN1C(=O)C(=O)c2ccccc21. The number of Topliss-reactive ketones (excluding diaryl/α,β-unsaturated/α-hetero) is 1. The van der Waals surface area contributed by atoms with Gasteiger partial charge in [-0.3, -0.25) is 19.3 Å². The normalized spacial score (nSPS) is 12.9. The number of fused-ring (bicyclic) bond motifs is 1. The van der Waals surface area contributed by atoms with Crippen molar-refractivity contribution in [3.8, 4) is 0 Å². The van der Waals surface area contributed by atoms with E-state index in [0.717, 1.165) is 12.1 Å². The predicted molar refractivity (Wildman–Crippen MR) is 103 cm³/mol. The zero-order valence-corrected chi connectivity index (χ0v) is 15.0. The second-order valence-corrected chi connectivity index (χ2v) is 6.10. The van der Waals surface area contributed by atoms with Crippen LogP contribution in [0.1, 0.15) is 16.8 Å². The number of carbonyl (C=O) groups is 3. The molecule has 2 aromatic carbocycles. The molecule has 2 amide bonds. The van der Waals surface area contributed by atoms with E-state index in [1.807, 2.05) is 18.2 Å². The zero-order valence-electron chi connectivity index (χ0n) is 15.0. The van der Waals surface area contributed by atoms with Crippen molar-refractivity contribution >= 4 is 34.7 Å². The number of hydrogen-bond donors (Lipinski definition) is 2. The number of benzene rings is 2. The fraction of sp³-hybridized carbons (Fsp3) is 0.250. The number of carbonyl (C=O) groups excluding carboxylic acids is 3. The first-order valence-electron chi connectivity index (χ1n) is 8.68. The highest BCUT2D eigenvalue weighted by Crippen LogP contribution is 2.28. The van der Waals surface area contributed by atoms with Crippen LogP contribution >= 0.6 is 0 Å². The first-order valence-corrected chi connectivity index (χ1v) is 8.68. The van der Waals surface area contributed by atoms with Gasteiger partial charge >= 0.3 is 0 Å². The van der Waals surface area contributed by atoms with Gasteiger partial charge in [-0.2, -0.15) is 0 Å². The summed E-state index contributed by atoms with van der Waals surface area (Å²) >= 11 is 0. The van der Waals surface area contributed by atoms with E-state index in [0.29, 0.717) is 30.1 Å². The van der Waals surface area contributed by atoms with Gasteiger partial charge in [0.05, 0.1) is 22.6 Å². The number of amides is 2. The standard InChI is InChI=1S/C20H21N3O4/c1-27-12-6-11-21-15-8-3-4-9-16(15)22-18(24)13-23-17-10-5-2-7-14(17)19(25)20(23)26/h2-5,7-10,21H,6,11-13H2,1H3,(H,22,24). The van der Waals surface area contributed by atoms with Gasteiger partial charge in [0.1, 0.15) is 6.54 Å². The number of ether oxygens (including phenoxy) is 1. The minimum absolute atomic E-state index is 0.223. The molecule has 0 aromatic heterocycles. The van der Waals surface area contributed by atoms with E-state index in [9.17, 15) is 14.4 Å². The van der Waals surface area contributed by atoms with Gasteiger partial charge in [-0.05, 0) is 30.7 Å². The Kier molecular flexibility index (Phi) is 5.83. The van der Waals surface area contributed by atoms with Crippen LogP contribution in [0.15, 0.2) is 48.5 Å². The molecule has 0 spiro atoms. The van der Waals surface area contributed by atoms with Crippen LogP contribution in [0, 0.1) is 0 Å². The van der Waals surface area contributed by atoms with Gasteiger partial charge in [0.25, 0.3) is 11.7 Å². The lowest BCUT2D eigenvalue weighted by molar-refractivity contribution is -0.118. The van der Waals surface area contributed by atoms with Gasteiger partial charge in [-0.25, -0.2) is 0 Å². The van der Waals surface area contributed by atoms with Gasteiger partial charge < -0.3 is 15.4 Å². The number of nitrogens with zero attached hydrogens (tertiary/aromatic N) is 1. The van der Waals surface area contributed by atoms with Crippen molar-refractivity contribution in [2.24, 2.45) is 0 Å². The van der Waals surface area contributed by atoms with Crippen LogP contribution in [0.4, 0.5) is 17.1 Å². The third-order valence-corrected chi connectivity index (χ3v) is 4.22. The molecular formula is C20H21N3O4. The van der Waals surface area contributed by atoms with Crippen LogP contribution in [0.5, 0.6) is 0 Å². The lowest BCUT2D eigenvalue weighted by atomic mass is 10.1. The number of para-hydroxylation sites is 3. The summed E-state index contributed by atoms with van der Waals surface area (Å²) < 4.78 is 5.02. The van der Waals surface area contributed by atoms with E-state index in [1.165, 1.54) is 4.90 Å². The van der Waals surface area contributed by atoms with Crippen molar-refractivity contribution in [3.05, 3.63) is 54.1 Å². The summed E-state index contributed by atoms with van der Waals surface area (Å²) in [6, 6.07) is 14.0. The molecule has 0 fully saturated rings. The Bertz CT molecular complexity index is 866. The number of methoxy groups -OCH3 is 1. The van der Waals surface area contributed by atoms with E-state index < -0.39 is 11.7 Å². The molecule has 7 heteroatoms. The molecule has 1 heterocycles. The average Bonchev–Trinajstić information content (AvgIpc) is 2.92.